The number of hydrogen-bond acceptors (Lipinski definition) is 8. The van der Waals surface area contributed by atoms with Gasteiger partial charge >= 0.3 is 5.56 Å². The van der Waals surface area contributed by atoms with Crippen LogP contribution in [0.3, 0.4) is 0 Å². The van der Waals surface area contributed by atoms with Gasteiger partial charge in [-0.15, -0.1) is 14.9 Å². The lowest BCUT2D eigenvalue weighted by Gasteiger charge is -2.09. The van der Waals surface area contributed by atoms with Crippen molar-refractivity contribution in [3.63, 3.8) is 0 Å². The van der Waals surface area contributed by atoms with Crippen molar-refractivity contribution in [2.24, 2.45) is 0 Å². The smallest absolute Gasteiger partial charge is 0.307 e. The minimum absolute atomic E-state index is 0.0459. The lowest BCUT2D eigenvalue weighted by Crippen LogP contribution is -2.26. The van der Waals surface area contributed by atoms with E-state index in [1.54, 1.807) is 5.41 Å². The van der Waals surface area contributed by atoms with E-state index in [2.05, 4.69) is 15.4 Å². The predicted molar refractivity (Wildman–Crippen MR) is 74.6 cm³/mol. The molecule has 3 heterocycles. The van der Waals surface area contributed by atoms with Crippen LogP contribution >= 0.6 is 11.8 Å². The fraction of sp³-hybridized carbons (Fsp3) is 0.455. The molecule has 0 bridgehead atoms. The number of fused-ring (bicyclic) bond motifs is 1. The molecule has 1 unspecified atom stereocenters. The summed E-state index contributed by atoms with van der Waals surface area (Å²) in [4.78, 5) is 12.9. The van der Waals surface area contributed by atoms with E-state index in [9.17, 15) is 10.0 Å². The molecule has 112 valence electrons. The lowest BCUT2D eigenvalue weighted by atomic mass is 10.2. The minimum atomic E-state index is -0.581. The Morgan fingerprint density at radius 1 is 1.52 bits per heavy atom. The summed E-state index contributed by atoms with van der Waals surface area (Å²) in [5.74, 6) is 0.164. The molecule has 2 N–H and O–H groups in total. The van der Waals surface area contributed by atoms with E-state index in [1.807, 2.05) is 6.92 Å². The van der Waals surface area contributed by atoms with Gasteiger partial charge in [-0.3, -0.25) is 4.79 Å². The Morgan fingerprint density at radius 2 is 2.33 bits per heavy atom. The molecule has 3 rings (SSSR count). The van der Waals surface area contributed by atoms with E-state index in [0.717, 1.165) is 11.1 Å². The zero-order chi connectivity index (χ0) is 15.0. The molecule has 0 saturated carbocycles. The SMILES string of the molecule is CCCc1nn(O)c2c(=O)n(C3=CSC(CO)O3)nnc12. The third-order valence-electron chi connectivity index (χ3n) is 2.96. The predicted octanol–water partition coefficient (Wildman–Crippen LogP) is 0.0155. The summed E-state index contributed by atoms with van der Waals surface area (Å²) in [6.45, 7) is 1.77. The summed E-state index contributed by atoms with van der Waals surface area (Å²) in [6, 6.07) is 0. The van der Waals surface area contributed by atoms with Crippen LogP contribution in [0.2, 0.25) is 0 Å². The minimum Gasteiger partial charge on any atom is -0.460 e. The molecule has 9 nitrogen and oxygen atoms in total. The Balaban J connectivity index is 2.09. The van der Waals surface area contributed by atoms with Crippen LogP contribution in [0.25, 0.3) is 16.9 Å². The second kappa shape index (κ2) is 5.37. The third-order valence-corrected chi connectivity index (χ3v) is 3.85. The maximum absolute atomic E-state index is 12.4. The van der Waals surface area contributed by atoms with Crippen molar-refractivity contribution in [2.75, 3.05) is 6.61 Å². The van der Waals surface area contributed by atoms with Crippen LogP contribution in [0, 0.1) is 0 Å². The van der Waals surface area contributed by atoms with Crippen molar-refractivity contribution >= 4 is 28.7 Å². The van der Waals surface area contributed by atoms with Gasteiger partial charge in [-0.2, -0.15) is 0 Å². The molecule has 2 aromatic heterocycles. The number of rotatable bonds is 4. The van der Waals surface area contributed by atoms with E-state index in [4.69, 9.17) is 9.84 Å². The van der Waals surface area contributed by atoms with Crippen LogP contribution in [0.1, 0.15) is 19.0 Å². The third kappa shape index (κ3) is 2.25. The van der Waals surface area contributed by atoms with E-state index < -0.39 is 11.0 Å². The van der Waals surface area contributed by atoms with Gasteiger partial charge in [-0.25, -0.2) is 0 Å². The van der Waals surface area contributed by atoms with Gasteiger partial charge in [0.05, 0.1) is 12.3 Å². The quantitative estimate of drug-likeness (QED) is 0.759. The number of ether oxygens (including phenoxy) is 1. The number of thioether (sulfide) groups is 1. The zero-order valence-electron chi connectivity index (χ0n) is 11.1. The Bertz CT molecular complexity index is 768. The fourth-order valence-electron chi connectivity index (χ4n) is 2.02. The molecular formula is C11H13N5O4S. The molecule has 0 saturated heterocycles. The van der Waals surface area contributed by atoms with E-state index in [-0.39, 0.29) is 23.5 Å². The Labute approximate surface area is 122 Å². The van der Waals surface area contributed by atoms with Gasteiger partial charge in [0.25, 0.3) is 0 Å². The van der Waals surface area contributed by atoms with Crippen molar-refractivity contribution in [1.82, 2.24) is 24.9 Å². The Hall–Kier alpha value is -2.07. The van der Waals surface area contributed by atoms with Crippen molar-refractivity contribution in [2.45, 2.75) is 25.2 Å². The maximum atomic E-state index is 12.4. The average molecular weight is 311 g/mol. The first-order valence-corrected chi connectivity index (χ1v) is 7.30. The van der Waals surface area contributed by atoms with Crippen molar-refractivity contribution < 1.29 is 15.1 Å². The van der Waals surface area contributed by atoms with Gasteiger partial charge in [0.1, 0.15) is 5.52 Å². The van der Waals surface area contributed by atoms with Crippen molar-refractivity contribution in [1.29, 1.82) is 0 Å². The monoisotopic (exact) mass is 311 g/mol. The fourth-order valence-corrected chi connectivity index (χ4v) is 2.68. The highest BCUT2D eigenvalue weighted by Gasteiger charge is 2.24. The molecule has 0 radical (unpaired) electrons. The Morgan fingerprint density at radius 3 is 3.00 bits per heavy atom. The van der Waals surface area contributed by atoms with Crippen molar-refractivity contribution in [3.8, 4) is 0 Å². The first-order valence-electron chi connectivity index (χ1n) is 6.36. The van der Waals surface area contributed by atoms with E-state index in [1.165, 1.54) is 11.8 Å². The highest BCUT2D eigenvalue weighted by atomic mass is 32.2. The topological polar surface area (TPSA) is 115 Å². The summed E-state index contributed by atoms with van der Waals surface area (Å²) in [7, 11) is 0. The Kier molecular flexibility index (Phi) is 3.55. The van der Waals surface area contributed by atoms with Crippen LogP contribution in [-0.4, -0.2) is 47.3 Å². The normalized spacial score (nSPS) is 18.0. The number of aliphatic hydroxyl groups excluding tert-OH is 1. The van der Waals surface area contributed by atoms with E-state index in [0.29, 0.717) is 17.0 Å². The summed E-state index contributed by atoms with van der Waals surface area (Å²) in [5, 5.41) is 32.0. The highest BCUT2D eigenvalue weighted by molar-refractivity contribution is 8.03. The van der Waals surface area contributed by atoms with E-state index >= 15 is 0 Å². The first kappa shape index (κ1) is 13.9. The summed E-state index contributed by atoms with van der Waals surface area (Å²) in [6.07, 6.45) is 1.39. The molecule has 0 aromatic carbocycles. The summed E-state index contributed by atoms with van der Waals surface area (Å²) in [5.41, 5.74) is -0.293. The molecule has 0 amide bonds. The van der Waals surface area contributed by atoms with Gasteiger partial charge < -0.3 is 15.1 Å². The first-order chi connectivity index (χ1) is 10.2. The number of aryl methyl sites for hydroxylation is 1. The molecular weight excluding hydrogens is 298 g/mol. The molecule has 10 heteroatoms. The van der Waals surface area contributed by atoms with Gasteiger partial charge in [0.2, 0.25) is 5.88 Å². The standard InChI is InChI=1S/C11H13N5O4S/c1-2-3-6-9-10(16(19)13-6)11(18)15(14-12-9)7-5-21-8(4-17)20-7/h5,8,17,19H,2-4H2,1H3. The number of hydrogen-bond donors (Lipinski definition) is 2. The highest BCUT2D eigenvalue weighted by Crippen LogP contribution is 2.28. The number of nitrogens with zero attached hydrogens (tertiary/aromatic N) is 5. The summed E-state index contributed by atoms with van der Waals surface area (Å²) < 4.78 is 6.28. The number of aliphatic hydroxyl groups is 1. The molecule has 0 aliphatic carbocycles. The van der Waals surface area contributed by atoms with Crippen LogP contribution in [-0.2, 0) is 11.2 Å². The van der Waals surface area contributed by atoms with Gasteiger partial charge in [-0.05, 0) is 6.42 Å². The van der Waals surface area contributed by atoms with Gasteiger partial charge in [0.15, 0.2) is 11.0 Å². The maximum Gasteiger partial charge on any atom is 0.307 e. The largest absolute Gasteiger partial charge is 0.460 e. The summed E-state index contributed by atoms with van der Waals surface area (Å²) >= 11 is 1.23. The molecule has 1 aliphatic heterocycles. The van der Waals surface area contributed by atoms with Crippen molar-refractivity contribution in [3.05, 3.63) is 21.5 Å². The zero-order valence-corrected chi connectivity index (χ0v) is 11.9. The second-order valence-electron chi connectivity index (χ2n) is 4.41. The molecule has 1 atom stereocenters. The van der Waals surface area contributed by atoms with Gasteiger partial charge in [0, 0.05) is 5.41 Å². The van der Waals surface area contributed by atoms with Gasteiger partial charge in [-0.1, -0.05) is 35.2 Å². The van der Waals surface area contributed by atoms with Crippen LogP contribution in [0.15, 0.2) is 10.2 Å². The number of aromatic nitrogens is 5. The van der Waals surface area contributed by atoms with Crippen LogP contribution in [0.5, 0.6) is 0 Å². The molecule has 0 spiro atoms. The average Bonchev–Trinajstić information content (AvgIpc) is 3.06. The lowest BCUT2D eigenvalue weighted by molar-refractivity contribution is 0.148. The van der Waals surface area contributed by atoms with Crippen LogP contribution in [0.4, 0.5) is 0 Å². The molecule has 1 aliphatic rings. The second-order valence-corrected chi connectivity index (χ2v) is 5.45. The van der Waals surface area contributed by atoms with Crippen LogP contribution < -0.4 is 5.56 Å². The molecule has 21 heavy (non-hydrogen) atoms. The molecule has 0 fully saturated rings. The molecule has 2 aromatic rings.